The molecule has 1 heteroatoms. The van der Waals surface area contributed by atoms with Crippen molar-refractivity contribution in [2.75, 3.05) is 0 Å². The third kappa shape index (κ3) is 15.4. The van der Waals surface area contributed by atoms with Crippen molar-refractivity contribution < 1.29 is 0 Å². The molecule has 0 atom stereocenters. The van der Waals surface area contributed by atoms with Crippen LogP contribution in [0.3, 0.4) is 0 Å². The standard InChI is InChI=1S/C12H26.Li.H/c1-3-5-7-9-11-12-10-8-6-4-2;;/h3-12H2,1-2H3;;. The van der Waals surface area contributed by atoms with E-state index in [0.717, 1.165) is 0 Å². The van der Waals surface area contributed by atoms with Crippen LogP contribution in [0.2, 0.25) is 0 Å². The predicted octanol–water partition coefficient (Wildman–Crippen LogP) is 4.28. The van der Waals surface area contributed by atoms with Gasteiger partial charge >= 0.3 is 18.9 Å². The molecule has 0 aliphatic rings. The Kier molecular flexibility index (Phi) is 18.6. The molecule has 0 unspecified atom stereocenters. The fourth-order valence-electron chi connectivity index (χ4n) is 1.56. The van der Waals surface area contributed by atoms with E-state index >= 15 is 0 Å². The quantitative estimate of drug-likeness (QED) is 0.365. The molecule has 76 valence electrons. The average Bonchev–Trinajstić information content (AvgIpc) is 2.10. The molecule has 0 saturated heterocycles. The van der Waals surface area contributed by atoms with Crippen molar-refractivity contribution in [3.63, 3.8) is 0 Å². The fraction of sp³-hybridized carbons (Fsp3) is 1.00. The second-order valence-electron chi connectivity index (χ2n) is 3.83. The minimum atomic E-state index is 0. The van der Waals surface area contributed by atoms with Crippen molar-refractivity contribution in [1.29, 1.82) is 0 Å². The summed E-state index contributed by atoms with van der Waals surface area (Å²) in [6.07, 6.45) is 14.4. The zero-order chi connectivity index (χ0) is 9.07. The molecule has 0 aliphatic heterocycles. The molecule has 0 amide bonds. The summed E-state index contributed by atoms with van der Waals surface area (Å²) in [5.74, 6) is 0. The second kappa shape index (κ2) is 15.1. The van der Waals surface area contributed by atoms with Crippen LogP contribution in [0.1, 0.15) is 78.1 Å². The van der Waals surface area contributed by atoms with Crippen LogP contribution in [0.5, 0.6) is 0 Å². The number of hydrogen-bond donors (Lipinski definition) is 0. The molecule has 0 aromatic carbocycles. The van der Waals surface area contributed by atoms with Gasteiger partial charge in [0.25, 0.3) is 0 Å². The van der Waals surface area contributed by atoms with Crippen molar-refractivity contribution in [1.82, 2.24) is 0 Å². The zero-order valence-corrected chi connectivity index (χ0v) is 9.07. The van der Waals surface area contributed by atoms with E-state index in [0.29, 0.717) is 0 Å². The first-order valence-corrected chi connectivity index (χ1v) is 5.91. The number of rotatable bonds is 9. The first-order chi connectivity index (χ1) is 5.91. The Balaban J connectivity index is 0. The second-order valence-corrected chi connectivity index (χ2v) is 3.83. The van der Waals surface area contributed by atoms with Gasteiger partial charge in [0.2, 0.25) is 0 Å². The van der Waals surface area contributed by atoms with Gasteiger partial charge in [0.1, 0.15) is 0 Å². The summed E-state index contributed by atoms with van der Waals surface area (Å²) in [5.41, 5.74) is 0. The molecule has 0 fully saturated rings. The SMILES string of the molecule is CCCCCCCCCCCC.[LiH]. The summed E-state index contributed by atoms with van der Waals surface area (Å²) < 4.78 is 0. The van der Waals surface area contributed by atoms with Crippen molar-refractivity contribution in [3.8, 4) is 0 Å². The van der Waals surface area contributed by atoms with Gasteiger partial charge in [0.05, 0.1) is 0 Å². The van der Waals surface area contributed by atoms with Crippen LogP contribution in [0.4, 0.5) is 0 Å². The summed E-state index contributed by atoms with van der Waals surface area (Å²) in [6.45, 7) is 4.56. The van der Waals surface area contributed by atoms with Crippen molar-refractivity contribution in [2.24, 2.45) is 0 Å². The normalized spacial score (nSPS) is 9.69. The summed E-state index contributed by atoms with van der Waals surface area (Å²) >= 11 is 0. The van der Waals surface area contributed by atoms with E-state index in [-0.39, 0.29) is 18.9 Å². The average molecular weight is 178 g/mol. The molecule has 0 rings (SSSR count). The van der Waals surface area contributed by atoms with E-state index < -0.39 is 0 Å². The van der Waals surface area contributed by atoms with Crippen LogP contribution in [-0.4, -0.2) is 18.9 Å². The van der Waals surface area contributed by atoms with Crippen LogP contribution >= 0.6 is 0 Å². The summed E-state index contributed by atoms with van der Waals surface area (Å²) in [4.78, 5) is 0. The Hall–Kier alpha value is 0.597. The van der Waals surface area contributed by atoms with Crippen LogP contribution in [-0.2, 0) is 0 Å². The summed E-state index contributed by atoms with van der Waals surface area (Å²) in [6, 6.07) is 0. The maximum atomic E-state index is 2.28. The van der Waals surface area contributed by atoms with Crippen LogP contribution in [0.25, 0.3) is 0 Å². The van der Waals surface area contributed by atoms with Crippen molar-refractivity contribution >= 4 is 18.9 Å². The van der Waals surface area contributed by atoms with Gasteiger partial charge < -0.3 is 0 Å². The maximum absolute atomic E-state index is 2.28. The Morgan fingerprint density at radius 2 is 0.692 bits per heavy atom. The molecule has 0 bridgehead atoms. The van der Waals surface area contributed by atoms with E-state index in [1.807, 2.05) is 0 Å². The van der Waals surface area contributed by atoms with E-state index in [9.17, 15) is 0 Å². The van der Waals surface area contributed by atoms with Gasteiger partial charge in [-0.1, -0.05) is 78.1 Å². The Labute approximate surface area is 97.1 Å². The van der Waals surface area contributed by atoms with Gasteiger partial charge in [-0.2, -0.15) is 0 Å². The van der Waals surface area contributed by atoms with E-state index in [4.69, 9.17) is 0 Å². The van der Waals surface area contributed by atoms with E-state index in [1.165, 1.54) is 64.2 Å². The number of unbranched alkanes of at least 4 members (excludes halogenated alkanes) is 9. The van der Waals surface area contributed by atoms with E-state index in [1.54, 1.807) is 0 Å². The van der Waals surface area contributed by atoms with E-state index in [2.05, 4.69) is 13.8 Å². The molecule has 13 heavy (non-hydrogen) atoms. The molecule has 0 aromatic rings. The first-order valence-electron chi connectivity index (χ1n) is 5.91. The molecular weight excluding hydrogens is 151 g/mol. The van der Waals surface area contributed by atoms with Gasteiger partial charge in [0.15, 0.2) is 0 Å². The molecule has 0 aliphatic carbocycles. The minimum absolute atomic E-state index is 0. The first kappa shape index (κ1) is 16.0. The number of hydrogen-bond acceptors (Lipinski definition) is 0. The van der Waals surface area contributed by atoms with Gasteiger partial charge in [0, 0.05) is 0 Å². The molecular formula is C12H27Li. The molecule has 0 spiro atoms. The fourth-order valence-corrected chi connectivity index (χ4v) is 1.56. The molecule has 0 saturated carbocycles. The molecule has 0 radical (unpaired) electrons. The van der Waals surface area contributed by atoms with Gasteiger partial charge in [-0.3, -0.25) is 0 Å². The molecule has 0 N–H and O–H groups in total. The molecule has 0 aromatic heterocycles. The van der Waals surface area contributed by atoms with Crippen LogP contribution < -0.4 is 0 Å². The zero-order valence-electron chi connectivity index (χ0n) is 9.07. The van der Waals surface area contributed by atoms with Gasteiger partial charge in [-0.15, -0.1) is 0 Å². The predicted molar refractivity (Wildman–Crippen MR) is 64.7 cm³/mol. The Morgan fingerprint density at radius 3 is 0.923 bits per heavy atom. The van der Waals surface area contributed by atoms with Crippen LogP contribution in [0.15, 0.2) is 0 Å². The topological polar surface area (TPSA) is 0 Å². The molecule has 0 nitrogen and oxygen atoms in total. The third-order valence-electron chi connectivity index (χ3n) is 2.46. The van der Waals surface area contributed by atoms with Crippen molar-refractivity contribution in [3.05, 3.63) is 0 Å². The van der Waals surface area contributed by atoms with Gasteiger partial charge in [-0.25, -0.2) is 0 Å². The third-order valence-corrected chi connectivity index (χ3v) is 2.46. The Bertz CT molecular complexity index is 61.5. The summed E-state index contributed by atoms with van der Waals surface area (Å²) in [5, 5.41) is 0. The monoisotopic (exact) mass is 178 g/mol. The summed E-state index contributed by atoms with van der Waals surface area (Å²) in [7, 11) is 0. The van der Waals surface area contributed by atoms with Crippen LogP contribution in [0, 0.1) is 0 Å². The molecule has 0 heterocycles. The Morgan fingerprint density at radius 1 is 0.462 bits per heavy atom. The van der Waals surface area contributed by atoms with Crippen molar-refractivity contribution in [2.45, 2.75) is 78.1 Å². The van der Waals surface area contributed by atoms with Gasteiger partial charge in [-0.05, 0) is 0 Å².